The van der Waals surface area contributed by atoms with E-state index in [1.54, 1.807) is 0 Å². The van der Waals surface area contributed by atoms with Gasteiger partial charge in [-0.05, 0) is 13.3 Å². The van der Waals surface area contributed by atoms with Gasteiger partial charge in [0.1, 0.15) is 0 Å². The summed E-state index contributed by atoms with van der Waals surface area (Å²) >= 11 is 0. The third-order valence-electron chi connectivity index (χ3n) is 2.92. The van der Waals surface area contributed by atoms with Crippen LogP contribution in [-0.2, 0) is 14.3 Å². The van der Waals surface area contributed by atoms with Gasteiger partial charge in [-0.15, -0.1) is 0 Å². The molecule has 1 saturated heterocycles. The molecule has 0 aliphatic carbocycles. The first-order valence-corrected chi connectivity index (χ1v) is 5.75. The molecule has 94 valence electrons. The van der Waals surface area contributed by atoms with E-state index in [1.807, 2.05) is 6.92 Å². The maximum Gasteiger partial charge on any atom is 0.312 e. The number of esters is 1. The van der Waals surface area contributed by atoms with Crippen molar-refractivity contribution in [1.82, 2.24) is 4.90 Å². The van der Waals surface area contributed by atoms with E-state index >= 15 is 0 Å². The van der Waals surface area contributed by atoms with E-state index < -0.39 is 12.0 Å². The molecule has 1 rings (SSSR count). The standard InChI is InChI=1S/C11H21NO4/c1-3-16-7-6-12-5-4-10(13)9(8-12)11(14)15-2/h9-10,13H,3-8H2,1-2H3. The molecule has 0 amide bonds. The highest BCUT2D eigenvalue weighted by Crippen LogP contribution is 2.18. The number of ether oxygens (including phenoxy) is 2. The lowest BCUT2D eigenvalue weighted by Gasteiger charge is -2.34. The Morgan fingerprint density at radius 3 is 2.94 bits per heavy atom. The smallest absolute Gasteiger partial charge is 0.312 e. The molecule has 2 unspecified atom stereocenters. The first kappa shape index (κ1) is 13.4. The molecule has 5 nitrogen and oxygen atoms in total. The minimum absolute atomic E-state index is 0.325. The third kappa shape index (κ3) is 3.73. The molecule has 1 aliphatic rings. The number of nitrogens with zero attached hydrogens (tertiary/aromatic N) is 1. The molecule has 1 N–H and O–H groups in total. The van der Waals surface area contributed by atoms with Crippen molar-refractivity contribution in [2.75, 3.05) is 40.0 Å². The fourth-order valence-electron chi connectivity index (χ4n) is 1.93. The van der Waals surface area contributed by atoms with Crippen LogP contribution < -0.4 is 0 Å². The number of carbonyl (C=O) groups excluding carboxylic acids is 1. The number of rotatable bonds is 5. The number of aliphatic hydroxyl groups excluding tert-OH is 1. The number of carbonyl (C=O) groups is 1. The number of likely N-dealkylation sites (tertiary alicyclic amines) is 1. The zero-order valence-corrected chi connectivity index (χ0v) is 10.0. The second-order valence-electron chi connectivity index (χ2n) is 3.98. The predicted octanol–water partition coefficient (Wildman–Crippen LogP) is -0.121. The van der Waals surface area contributed by atoms with Crippen molar-refractivity contribution < 1.29 is 19.4 Å². The lowest BCUT2D eigenvalue weighted by molar-refractivity contribution is -0.152. The van der Waals surface area contributed by atoms with Crippen molar-refractivity contribution in [3.63, 3.8) is 0 Å². The minimum atomic E-state index is -0.573. The number of hydrogen-bond donors (Lipinski definition) is 1. The number of aliphatic hydroxyl groups is 1. The van der Waals surface area contributed by atoms with Gasteiger partial charge in [-0.3, -0.25) is 9.69 Å². The van der Waals surface area contributed by atoms with Gasteiger partial charge in [0.2, 0.25) is 0 Å². The molecule has 0 spiro atoms. The Balaban J connectivity index is 2.38. The monoisotopic (exact) mass is 231 g/mol. The van der Waals surface area contributed by atoms with Gasteiger partial charge in [-0.25, -0.2) is 0 Å². The van der Waals surface area contributed by atoms with Crippen LogP contribution in [0.25, 0.3) is 0 Å². The highest BCUT2D eigenvalue weighted by Gasteiger charge is 2.33. The summed E-state index contributed by atoms with van der Waals surface area (Å²) in [6.07, 6.45) is 0.0436. The van der Waals surface area contributed by atoms with Gasteiger partial charge >= 0.3 is 5.97 Å². The SMILES string of the molecule is CCOCCN1CCC(O)C(C(=O)OC)C1. The minimum Gasteiger partial charge on any atom is -0.469 e. The van der Waals surface area contributed by atoms with Crippen molar-refractivity contribution in [3.05, 3.63) is 0 Å². The number of methoxy groups -OCH3 is 1. The molecule has 0 aromatic heterocycles. The molecule has 2 atom stereocenters. The lowest BCUT2D eigenvalue weighted by Crippen LogP contribution is -2.47. The van der Waals surface area contributed by atoms with Gasteiger partial charge in [-0.1, -0.05) is 0 Å². The summed E-state index contributed by atoms with van der Waals surface area (Å²) in [6, 6.07) is 0. The summed E-state index contributed by atoms with van der Waals surface area (Å²) in [7, 11) is 1.36. The molecule has 0 saturated carbocycles. The second-order valence-corrected chi connectivity index (χ2v) is 3.98. The summed E-state index contributed by atoms with van der Waals surface area (Å²) in [6.45, 7) is 5.49. The van der Waals surface area contributed by atoms with E-state index in [0.717, 1.165) is 13.1 Å². The van der Waals surface area contributed by atoms with Crippen LogP contribution in [0.5, 0.6) is 0 Å². The Bertz CT molecular complexity index is 222. The molecule has 0 radical (unpaired) electrons. The van der Waals surface area contributed by atoms with Crippen molar-refractivity contribution in [2.45, 2.75) is 19.4 Å². The van der Waals surface area contributed by atoms with E-state index in [0.29, 0.717) is 26.2 Å². The van der Waals surface area contributed by atoms with Crippen LogP contribution in [0, 0.1) is 5.92 Å². The van der Waals surface area contributed by atoms with E-state index in [9.17, 15) is 9.90 Å². The van der Waals surface area contributed by atoms with Crippen LogP contribution >= 0.6 is 0 Å². The lowest BCUT2D eigenvalue weighted by atomic mass is 9.95. The molecule has 16 heavy (non-hydrogen) atoms. The predicted molar refractivity (Wildman–Crippen MR) is 59.1 cm³/mol. The molecular weight excluding hydrogens is 210 g/mol. The summed E-state index contributed by atoms with van der Waals surface area (Å²) in [4.78, 5) is 13.5. The van der Waals surface area contributed by atoms with Gasteiger partial charge < -0.3 is 14.6 Å². The average molecular weight is 231 g/mol. The molecule has 0 bridgehead atoms. The normalized spacial score (nSPS) is 26.7. The quantitative estimate of drug-likeness (QED) is 0.528. The fourth-order valence-corrected chi connectivity index (χ4v) is 1.93. The first-order chi connectivity index (χ1) is 7.69. The van der Waals surface area contributed by atoms with E-state index in [-0.39, 0.29) is 5.97 Å². The fraction of sp³-hybridized carbons (Fsp3) is 0.909. The molecule has 5 heteroatoms. The van der Waals surface area contributed by atoms with Crippen LogP contribution in [0.15, 0.2) is 0 Å². The maximum atomic E-state index is 11.4. The van der Waals surface area contributed by atoms with Crippen molar-refractivity contribution >= 4 is 5.97 Å². The average Bonchev–Trinajstić information content (AvgIpc) is 2.30. The second kappa shape index (κ2) is 6.83. The maximum absolute atomic E-state index is 11.4. The Morgan fingerprint density at radius 2 is 2.31 bits per heavy atom. The molecule has 0 aromatic rings. The Labute approximate surface area is 96.3 Å². The summed E-state index contributed by atoms with van der Waals surface area (Å²) < 4.78 is 9.94. The van der Waals surface area contributed by atoms with Gasteiger partial charge in [0, 0.05) is 26.2 Å². The van der Waals surface area contributed by atoms with Gasteiger partial charge in [0.05, 0.1) is 25.7 Å². The van der Waals surface area contributed by atoms with Gasteiger partial charge in [0.25, 0.3) is 0 Å². The molecule has 1 aliphatic heterocycles. The number of piperidine rings is 1. The Hall–Kier alpha value is -0.650. The van der Waals surface area contributed by atoms with Gasteiger partial charge in [0.15, 0.2) is 0 Å². The number of hydrogen-bond acceptors (Lipinski definition) is 5. The van der Waals surface area contributed by atoms with E-state index in [2.05, 4.69) is 9.64 Å². The summed E-state index contributed by atoms with van der Waals surface area (Å²) in [5.41, 5.74) is 0. The van der Waals surface area contributed by atoms with Crippen LogP contribution in [0.2, 0.25) is 0 Å². The molecule has 1 fully saturated rings. The molecule has 0 aromatic carbocycles. The van der Waals surface area contributed by atoms with Crippen LogP contribution in [0.3, 0.4) is 0 Å². The van der Waals surface area contributed by atoms with Crippen molar-refractivity contribution in [2.24, 2.45) is 5.92 Å². The zero-order chi connectivity index (χ0) is 12.0. The van der Waals surface area contributed by atoms with Crippen molar-refractivity contribution in [1.29, 1.82) is 0 Å². The summed E-state index contributed by atoms with van der Waals surface area (Å²) in [5, 5.41) is 9.70. The van der Waals surface area contributed by atoms with Crippen LogP contribution in [-0.4, -0.2) is 62.0 Å². The van der Waals surface area contributed by atoms with E-state index in [4.69, 9.17) is 4.74 Å². The Morgan fingerprint density at radius 1 is 1.56 bits per heavy atom. The van der Waals surface area contributed by atoms with Crippen LogP contribution in [0.1, 0.15) is 13.3 Å². The highest BCUT2D eigenvalue weighted by atomic mass is 16.5. The van der Waals surface area contributed by atoms with Crippen molar-refractivity contribution in [3.8, 4) is 0 Å². The largest absolute Gasteiger partial charge is 0.469 e. The molecular formula is C11H21NO4. The topological polar surface area (TPSA) is 59.0 Å². The highest BCUT2D eigenvalue weighted by molar-refractivity contribution is 5.73. The zero-order valence-electron chi connectivity index (χ0n) is 10.0. The van der Waals surface area contributed by atoms with Crippen LogP contribution in [0.4, 0.5) is 0 Å². The third-order valence-corrected chi connectivity index (χ3v) is 2.92. The molecule has 1 heterocycles. The first-order valence-electron chi connectivity index (χ1n) is 5.75. The van der Waals surface area contributed by atoms with E-state index in [1.165, 1.54) is 7.11 Å². The summed E-state index contributed by atoms with van der Waals surface area (Å²) in [5.74, 6) is -0.742. The Kier molecular flexibility index (Phi) is 5.73. The van der Waals surface area contributed by atoms with Gasteiger partial charge in [-0.2, -0.15) is 0 Å².